The van der Waals surface area contributed by atoms with E-state index in [1.54, 1.807) is 13.8 Å². The first-order valence-corrected chi connectivity index (χ1v) is 15.4. The molecule has 0 aromatic carbocycles. The summed E-state index contributed by atoms with van der Waals surface area (Å²) in [5.74, 6) is 1.09. The van der Waals surface area contributed by atoms with Gasteiger partial charge in [0, 0.05) is 12.3 Å². The lowest BCUT2D eigenvalue weighted by atomic mass is 9.41. The summed E-state index contributed by atoms with van der Waals surface area (Å²) in [5, 5.41) is 34.2. The van der Waals surface area contributed by atoms with Crippen molar-refractivity contribution in [1.82, 2.24) is 0 Å². The standard InChI is InChI=1S/C32H52O6/c1-17-15-19(26(28(5,6)36)37-18(2)33)38-24-23(17)29(7)13-14-32-16-31(32)12-11-22(34)27(3,4)20(31)9-10-21(32)30(29,8)25(24)35/h17,19-26,34-36H,9-16H2,1-8H3/t17?,19?,20-,21-,22?,23?,24?,25-,26-,29+,30+,31+,32?/m0/s1. The second-order valence-electron chi connectivity index (χ2n) is 16.3. The molecule has 6 rings (SSSR count). The Morgan fingerprint density at radius 3 is 2.26 bits per heavy atom. The second-order valence-corrected chi connectivity index (χ2v) is 16.3. The number of aliphatic hydroxyl groups excluding tert-OH is 2. The molecule has 6 fully saturated rings. The Kier molecular flexibility index (Phi) is 5.77. The quantitative estimate of drug-likeness (QED) is 0.449. The van der Waals surface area contributed by atoms with Crippen molar-refractivity contribution < 1.29 is 29.6 Å². The fourth-order valence-corrected chi connectivity index (χ4v) is 12.4. The molecule has 13 atom stereocenters. The zero-order chi connectivity index (χ0) is 27.8. The van der Waals surface area contributed by atoms with Crippen LogP contribution in [-0.4, -0.2) is 57.4 Å². The first-order valence-electron chi connectivity index (χ1n) is 15.4. The van der Waals surface area contributed by atoms with Gasteiger partial charge in [0.25, 0.3) is 0 Å². The molecular formula is C32H52O6. The zero-order valence-electron chi connectivity index (χ0n) is 24.9. The number of carbonyl (C=O) groups excluding carboxylic acids is 1. The molecule has 6 unspecified atom stereocenters. The first kappa shape index (κ1) is 27.5. The molecule has 0 aromatic heterocycles. The van der Waals surface area contributed by atoms with E-state index in [1.165, 1.54) is 19.8 Å². The number of esters is 1. The Balaban J connectivity index is 1.35. The Bertz CT molecular complexity index is 1000. The lowest BCUT2D eigenvalue weighted by Gasteiger charge is -2.63. The van der Waals surface area contributed by atoms with Crippen LogP contribution in [0.2, 0.25) is 0 Å². The third-order valence-corrected chi connectivity index (χ3v) is 14.1. The van der Waals surface area contributed by atoms with Crippen LogP contribution in [0.5, 0.6) is 0 Å². The average molecular weight is 533 g/mol. The minimum Gasteiger partial charge on any atom is -0.457 e. The van der Waals surface area contributed by atoms with E-state index in [1.807, 2.05) is 0 Å². The van der Waals surface area contributed by atoms with Crippen molar-refractivity contribution in [3.63, 3.8) is 0 Å². The number of hydrogen-bond donors (Lipinski definition) is 3. The van der Waals surface area contributed by atoms with Gasteiger partial charge in [0.2, 0.25) is 0 Å². The molecule has 5 aliphatic carbocycles. The highest BCUT2D eigenvalue weighted by atomic mass is 16.6. The van der Waals surface area contributed by atoms with Crippen molar-refractivity contribution in [1.29, 1.82) is 0 Å². The van der Waals surface area contributed by atoms with E-state index in [0.29, 0.717) is 23.7 Å². The van der Waals surface area contributed by atoms with Crippen LogP contribution in [0, 0.1) is 50.7 Å². The average Bonchev–Trinajstić information content (AvgIpc) is 3.44. The third-order valence-electron chi connectivity index (χ3n) is 14.1. The van der Waals surface area contributed by atoms with E-state index in [4.69, 9.17) is 9.47 Å². The molecule has 38 heavy (non-hydrogen) atoms. The molecule has 0 aromatic rings. The highest BCUT2D eigenvalue weighted by Gasteiger charge is 2.84. The third kappa shape index (κ3) is 3.13. The van der Waals surface area contributed by atoms with Gasteiger partial charge in [-0.15, -0.1) is 0 Å². The molecular weight excluding hydrogens is 480 g/mol. The van der Waals surface area contributed by atoms with E-state index in [0.717, 1.165) is 32.1 Å². The van der Waals surface area contributed by atoms with E-state index in [2.05, 4.69) is 34.6 Å². The molecule has 5 saturated carbocycles. The van der Waals surface area contributed by atoms with Gasteiger partial charge in [-0.3, -0.25) is 4.79 Å². The summed E-state index contributed by atoms with van der Waals surface area (Å²) < 4.78 is 12.4. The molecule has 0 radical (unpaired) electrons. The number of ether oxygens (including phenoxy) is 2. The van der Waals surface area contributed by atoms with Crippen LogP contribution in [0.1, 0.15) is 107 Å². The van der Waals surface area contributed by atoms with E-state index < -0.39 is 29.9 Å². The molecule has 0 amide bonds. The minimum absolute atomic E-state index is 0.0383. The molecule has 0 bridgehead atoms. The highest BCUT2D eigenvalue weighted by molar-refractivity contribution is 5.66. The van der Waals surface area contributed by atoms with Gasteiger partial charge in [-0.25, -0.2) is 0 Å². The zero-order valence-corrected chi connectivity index (χ0v) is 24.9. The Morgan fingerprint density at radius 2 is 1.63 bits per heavy atom. The minimum atomic E-state index is -1.24. The lowest BCUT2D eigenvalue weighted by Crippen LogP contribution is -2.59. The van der Waals surface area contributed by atoms with E-state index in [9.17, 15) is 20.1 Å². The van der Waals surface area contributed by atoms with Crippen LogP contribution in [0.4, 0.5) is 0 Å². The number of carbonyl (C=O) groups is 1. The molecule has 6 nitrogen and oxygen atoms in total. The van der Waals surface area contributed by atoms with Crippen LogP contribution < -0.4 is 0 Å². The van der Waals surface area contributed by atoms with Crippen molar-refractivity contribution in [2.75, 3.05) is 0 Å². The molecule has 3 N–H and O–H groups in total. The predicted octanol–water partition coefficient (Wildman–Crippen LogP) is 4.86. The van der Waals surface area contributed by atoms with Gasteiger partial charge in [0.1, 0.15) is 0 Å². The maximum absolute atomic E-state index is 12.3. The summed E-state index contributed by atoms with van der Waals surface area (Å²) >= 11 is 0. The number of fused-ring (bicyclic) bond motifs is 4. The molecule has 2 spiro atoms. The molecule has 1 aliphatic heterocycles. The summed E-state index contributed by atoms with van der Waals surface area (Å²) in [4.78, 5) is 11.9. The maximum Gasteiger partial charge on any atom is 0.303 e. The van der Waals surface area contributed by atoms with Gasteiger partial charge in [-0.1, -0.05) is 34.6 Å². The largest absolute Gasteiger partial charge is 0.457 e. The van der Waals surface area contributed by atoms with Gasteiger partial charge in [-0.2, -0.15) is 0 Å². The van der Waals surface area contributed by atoms with Crippen molar-refractivity contribution in [3.05, 3.63) is 0 Å². The molecule has 1 heterocycles. The first-order chi connectivity index (χ1) is 17.5. The van der Waals surface area contributed by atoms with E-state index >= 15 is 0 Å². The SMILES string of the molecule is CC(=O)O[C@@H](C1CC(C)C2C(O1)[C@H](O)[C@@]1(C)[C@@H]3CC[C@H]4C(C)(C)C(O)CC[C@@]45CC35CC[C@]21C)C(C)(C)O. The summed E-state index contributed by atoms with van der Waals surface area (Å²) in [7, 11) is 0. The van der Waals surface area contributed by atoms with Crippen molar-refractivity contribution in [3.8, 4) is 0 Å². The van der Waals surface area contributed by atoms with Gasteiger partial charge >= 0.3 is 5.97 Å². The maximum atomic E-state index is 12.3. The molecule has 6 heteroatoms. The number of hydrogen-bond acceptors (Lipinski definition) is 6. The van der Waals surface area contributed by atoms with Gasteiger partial charge in [-0.05, 0) is 111 Å². The normalized spacial score (nSPS) is 55.4. The van der Waals surface area contributed by atoms with Crippen LogP contribution in [0.3, 0.4) is 0 Å². The lowest BCUT2D eigenvalue weighted by molar-refractivity contribution is -0.216. The van der Waals surface area contributed by atoms with Gasteiger partial charge < -0.3 is 24.8 Å². The molecule has 6 aliphatic rings. The number of rotatable bonds is 3. The fraction of sp³-hybridized carbons (Fsp3) is 0.969. The summed E-state index contributed by atoms with van der Waals surface area (Å²) in [6.45, 7) is 16.4. The topological polar surface area (TPSA) is 96.2 Å². The summed E-state index contributed by atoms with van der Waals surface area (Å²) in [6, 6.07) is 0. The van der Waals surface area contributed by atoms with Crippen LogP contribution in [0.15, 0.2) is 0 Å². The smallest absolute Gasteiger partial charge is 0.303 e. The van der Waals surface area contributed by atoms with Crippen LogP contribution >= 0.6 is 0 Å². The predicted molar refractivity (Wildman–Crippen MR) is 144 cm³/mol. The Labute approximate surface area is 229 Å². The summed E-state index contributed by atoms with van der Waals surface area (Å²) in [6.07, 6.45) is 6.19. The fourth-order valence-electron chi connectivity index (χ4n) is 12.4. The summed E-state index contributed by atoms with van der Waals surface area (Å²) in [5.41, 5.74) is -1.01. The van der Waals surface area contributed by atoms with E-state index in [-0.39, 0.29) is 45.7 Å². The van der Waals surface area contributed by atoms with Gasteiger partial charge in [0.15, 0.2) is 6.10 Å². The Morgan fingerprint density at radius 1 is 1.00 bits per heavy atom. The highest BCUT2D eigenvalue weighted by Crippen LogP contribution is 2.89. The Hall–Kier alpha value is -0.690. The van der Waals surface area contributed by atoms with Crippen LogP contribution in [-0.2, 0) is 14.3 Å². The van der Waals surface area contributed by atoms with Gasteiger partial charge in [0.05, 0.1) is 30.0 Å². The second kappa shape index (κ2) is 7.98. The van der Waals surface area contributed by atoms with Crippen LogP contribution in [0.25, 0.3) is 0 Å². The van der Waals surface area contributed by atoms with Crippen molar-refractivity contribution in [2.45, 2.75) is 143 Å². The van der Waals surface area contributed by atoms with Crippen molar-refractivity contribution in [2.24, 2.45) is 50.7 Å². The molecule has 1 saturated heterocycles. The van der Waals surface area contributed by atoms with Crippen molar-refractivity contribution >= 4 is 5.97 Å². The monoisotopic (exact) mass is 532 g/mol. The molecule has 216 valence electrons. The number of aliphatic hydroxyl groups is 3.